The summed E-state index contributed by atoms with van der Waals surface area (Å²) in [6.45, 7) is 2.49. The third-order valence-electron chi connectivity index (χ3n) is 3.87. The Morgan fingerprint density at radius 3 is 2.81 bits per heavy atom. The zero-order valence-corrected chi connectivity index (χ0v) is 11.4. The first-order valence-corrected chi connectivity index (χ1v) is 6.72. The molecular weight excluding hydrogens is 281 g/mol. The molecule has 0 fully saturated rings. The summed E-state index contributed by atoms with van der Waals surface area (Å²) in [5.74, 6) is 1.11. The van der Waals surface area contributed by atoms with E-state index in [1.165, 1.54) is 12.1 Å². The van der Waals surface area contributed by atoms with Gasteiger partial charge in [-0.15, -0.1) is 5.10 Å². The fourth-order valence-corrected chi connectivity index (χ4v) is 2.90. The zero-order valence-electron chi connectivity index (χ0n) is 11.4. The van der Waals surface area contributed by atoms with E-state index < -0.39 is 11.7 Å². The Bertz CT molecular complexity index is 662. The van der Waals surface area contributed by atoms with E-state index in [-0.39, 0.29) is 17.8 Å². The minimum Gasteiger partial charge on any atom is -0.366 e. The van der Waals surface area contributed by atoms with E-state index in [0.717, 1.165) is 18.3 Å². The second kappa shape index (κ2) is 4.75. The van der Waals surface area contributed by atoms with Crippen molar-refractivity contribution in [3.8, 4) is 0 Å². The van der Waals surface area contributed by atoms with E-state index in [2.05, 4.69) is 10.1 Å². The third-order valence-corrected chi connectivity index (χ3v) is 3.87. The lowest BCUT2D eigenvalue weighted by molar-refractivity contribution is -0.137. The molecule has 1 aliphatic rings. The lowest BCUT2D eigenvalue weighted by Gasteiger charge is -2.27. The molecule has 1 aliphatic heterocycles. The molecule has 2 N–H and O–H groups in total. The summed E-state index contributed by atoms with van der Waals surface area (Å²) in [4.78, 5) is 4.17. The topological polar surface area (TPSA) is 56.7 Å². The summed E-state index contributed by atoms with van der Waals surface area (Å²) < 4.78 is 40.1. The maximum absolute atomic E-state index is 12.8. The van der Waals surface area contributed by atoms with Gasteiger partial charge in [0.2, 0.25) is 5.95 Å². The molecular formula is C14H15F3N4. The Kier molecular flexibility index (Phi) is 3.15. The summed E-state index contributed by atoms with van der Waals surface area (Å²) in [5, 5.41) is 4.11. The zero-order chi connectivity index (χ0) is 15.2. The highest BCUT2D eigenvalue weighted by atomic mass is 19.4. The van der Waals surface area contributed by atoms with E-state index in [0.29, 0.717) is 12.1 Å². The molecule has 1 aromatic carbocycles. The number of nitrogens with two attached hydrogens (primary N) is 1. The summed E-state index contributed by atoms with van der Waals surface area (Å²) in [6, 6.07) is 5.50. The first-order chi connectivity index (χ1) is 9.84. The normalized spacial score (nSPS) is 22.1. The van der Waals surface area contributed by atoms with Gasteiger partial charge in [-0.05, 0) is 18.1 Å². The molecule has 21 heavy (non-hydrogen) atoms. The van der Waals surface area contributed by atoms with Gasteiger partial charge in [0.05, 0.1) is 5.56 Å². The predicted octanol–water partition coefficient (Wildman–Crippen LogP) is 3.17. The number of fused-ring (bicyclic) bond motifs is 1. The number of aromatic nitrogens is 3. The average molecular weight is 296 g/mol. The number of hydrogen-bond donors (Lipinski definition) is 1. The van der Waals surface area contributed by atoms with Gasteiger partial charge in [-0.25, -0.2) is 4.68 Å². The molecule has 4 nitrogen and oxygen atoms in total. The van der Waals surface area contributed by atoms with Crippen LogP contribution in [0.25, 0.3) is 0 Å². The molecule has 2 heterocycles. The first-order valence-electron chi connectivity index (χ1n) is 6.72. The van der Waals surface area contributed by atoms with E-state index in [1.807, 2.05) is 6.92 Å². The van der Waals surface area contributed by atoms with Crippen LogP contribution in [-0.2, 0) is 12.7 Å². The van der Waals surface area contributed by atoms with E-state index in [4.69, 9.17) is 5.73 Å². The molecule has 0 amide bonds. The van der Waals surface area contributed by atoms with Crippen LogP contribution in [0.15, 0.2) is 24.3 Å². The van der Waals surface area contributed by atoms with E-state index in [1.54, 1.807) is 10.7 Å². The molecule has 2 unspecified atom stereocenters. The number of halogens is 3. The number of anilines is 1. The molecule has 0 aliphatic carbocycles. The molecule has 0 radical (unpaired) electrons. The highest BCUT2D eigenvalue weighted by Gasteiger charge is 2.32. The van der Waals surface area contributed by atoms with Crippen molar-refractivity contribution in [3.05, 3.63) is 41.2 Å². The van der Waals surface area contributed by atoms with Gasteiger partial charge in [-0.3, -0.25) is 0 Å². The van der Waals surface area contributed by atoms with Crippen molar-refractivity contribution in [1.29, 1.82) is 0 Å². The Morgan fingerprint density at radius 1 is 1.33 bits per heavy atom. The van der Waals surface area contributed by atoms with Gasteiger partial charge in [0, 0.05) is 18.4 Å². The molecule has 112 valence electrons. The maximum Gasteiger partial charge on any atom is 0.416 e. The largest absolute Gasteiger partial charge is 0.416 e. The molecule has 2 atom stereocenters. The fraction of sp³-hybridized carbons (Fsp3) is 0.429. The van der Waals surface area contributed by atoms with Crippen LogP contribution in [0.5, 0.6) is 0 Å². The fourth-order valence-electron chi connectivity index (χ4n) is 2.90. The molecule has 0 saturated heterocycles. The summed E-state index contributed by atoms with van der Waals surface area (Å²) in [6.07, 6.45) is -3.58. The number of nitrogens with zero attached hydrogens (tertiary/aromatic N) is 3. The van der Waals surface area contributed by atoms with Gasteiger partial charge in [0.1, 0.15) is 5.82 Å². The third kappa shape index (κ3) is 2.59. The first kappa shape index (κ1) is 13.9. The minimum absolute atomic E-state index is 0.0177. The van der Waals surface area contributed by atoms with Crippen LogP contribution in [-0.4, -0.2) is 14.8 Å². The lowest BCUT2D eigenvalue weighted by atomic mass is 9.86. The molecule has 0 bridgehead atoms. The highest BCUT2D eigenvalue weighted by Crippen LogP contribution is 2.37. The van der Waals surface area contributed by atoms with Gasteiger partial charge >= 0.3 is 6.18 Å². The van der Waals surface area contributed by atoms with E-state index in [9.17, 15) is 13.2 Å². The van der Waals surface area contributed by atoms with Crippen LogP contribution in [0.2, 0.25) is 0 Å². The molecule has 3 rings (SSSR count). The van der Waals surface area contributed by atoms with Crippen LogP contribution < -0.4 is 5.73 Å². The van der Waals surface area contributed by atoms with Crippen LogP contribution in [0, 0.1) is 0 Å². The van der Waals surface area contributed by atoms with Gasteiger partial charge in [0.25, 0.3) is 0 Å². The molecule has 2 aromatic rings. The smallest absolute Gasteiger partial charge is 0.366 e. The number of hydrogen-bond acceptors (Lipinski definition) is 3. The molecule has 1 aromatic heterocycles. The standard InChI is InChI=1S/C14H15F3N4/c1-8-5-10(7-21-12(8)19-13(18)20-21)9-3-2-4-11(6-9)14(15,16)17/h2-4,6,8,10H,5,7H2,1H3,(H2,18,20). The van der Waals surface area contributed by atoms with Crippen molar-refractivity contribution < 1.29 is 13.2 Å². The number of rotatable bonds is 1. The maximum atomic E-state index is 12.8. The molecule has 0 saturated carbocycles. The van der Waals surface area contributed by atoms with Crippen LogP contribution >= 0.6 is 0 Å². The number of nitrogen functional groups attached to an aromatic ring is 1. The SMILES string of the molecule is CC1CC(c2cccc(C(F)(F)F)c2)Cn2nc(N)nc21. The highest BCUT2D eigenvalue weighted by molar-refractivity contribution is 5.30. The summed E-state index contributed by atoms with van der Waals surface area (Å²) in [5.41, 5.74) is 5.66. The monoisotopic (exact) mass is 296 g/mol. The Morgan fingerprint density at radius 2 is 2.10 bits per heavy atom. The van der Waals surface area contributed by atoms with Crippen molar-refractivity contribution in [3.63, 3.8) is 0 Å². The Hall–Kier alpha value is -2.05. The predicted molar refractivity (Wildman–Crippen MR) is 71.7 cm³/mol. The number of benzene rings is 1. The van der Waals surface area contributed by atoms with Gasteiger partial charge in [-0.2, -0.15) is 18.2 Å². The average Bonchev–Trinajstić information content (AvgIpc) is 2.79. The van der Waals surface area contributed by atoms with Crippen molar-refractivity contribution >= 4 is 5.95 Å². The Labute approximate surface area is 119 Å². The number of alkyl halides is 3. The lowest BCUT2D eigenvalue weighted by Crippen LogP contribution is -2.22. The van der Waals surface area contributed by atoms with Gasteiger partial charge < -0.3 is 5.73 Å². The van der Waals surface area contributed by atoms with Crippen molar-refractivity contribution in [1.82, 2.24) is 14.8 Å². The van der Waals surface area contributed by atoms with Crippen LogP contribution in [0.1, 0.15) is 42.1 Å². The quantitative estimate of drug-likeness (QED) is 0.879. The van der Waals surface area contributed by atoms with Crippen molar-refractivity contribution in [2.45, 2.75) is 37.9 Å². The molecule has 7 heteroatoms. The summed E-state index contributed by atoms with van der Waals surface area (Å²) in [7, 11) is 0. The van der Waals surface area contributed by atoms with E-state index >= 15 is 0 Å². The van der Waals surface area contributed by atoms with Crippen molar-refractivity contribution in [2.75, 3.05) is 5.73 Å². The van der Waals surface area contributed by atoms with Gasteiger partial charge in [-0.1, -0.05) is 25.1 Å². The van der Waals surface area contributed by atoms with Crippen LogP contribution in [0.4, 0.5) is 19.1 Å². The van der Waals surface area contributed by atoms with Gasteiger partial charge in [0.15, 0.2) is 0 Å². The van der Waals surface area contributed by atoms with Crippen LogP contribution in [0.3, 0.4) is 0 Å². The Balaban J connectivity index is 1.92. The van der Waals surface area contributed by atoms with Crippen molar-refractivity contribution in [2.24, 2.45) is 0 Å². The second-order valence-electron chi connectivity index (χ2n) is 5.47. The second-order valence-corrected chi connectivity index (χ2v) is 5.47. The molecule has 0 spiro atoms. The minimum atomic E-state index is -4.32. The summed E-state index contributed by atoms with van der Waals surface area (Å²) >= 11 is 0.